The van der Waals surface area contributed by atoms with Gasteiger partial charge >= 0.3 is 0 Å². The van der Waals surface area contributed by atoms with Gasteiger partial charge in [0.25, 0.3) is 0 Å². The summed E-state index contributed by atoms with van der Waals surface area (Å²) in [5.41, 5.74) is 10.0. The Morgan fingerprint density at radius 1 is 1.00 bits per heavy atom. The first-order chi connectivity index (χ1) is 9.21. The van der Waals surface area contributed by atoms with Crippen LogP contribution in [0.3, 0.4) is 0 Å². The van der Waals surface area contributed by atoms with E-state index in [1.165, 1.54) is 0 Å². The van der Waals surface area contributed by atoms with Crippen LogP contribution in [0.4, 0.5) is 0 Å². The molecule has 0 aliphatic heterocycles. The van der Waals surface area contributed by atoms with Crippen LogP contribution >= 0.6 is 0 Å². The fourth-order valence-electron chi connectivity index (χ4n) is 2.25. The minimum absolute atomic E-state index is 0.546. The average molecular weight is 257 g/mol. The molecule has 2 aromatic rings. The molecule has 0 aliphatic rings. The normalized spacial score (nSPS) is 10.3. The molecule has 0 unspecified atom stereocenters. The van der Waals surface area contributed by atoms with Gasteiger partial charge in [-0.15, -0.1) is 0 Å². The van der Waals surface area contributed by atoms with Gasteiger partial charge in [-0.1, -0.05) is 24.3 Å². The lowest BCUT2D eigenvalue weighted by Gasteiger charge is -2.15. The summed E-state index contributed by atoms with van der Waals surface area (Å²) >= 11 is 0. The van der Waals surface area contributed by atoms with Crippen LogP contribution in [0.15, 0.2) is 36.4 Å². The van der Waals surface area contributed by atoms with Crippen molar-refractivity contribution >= 4 is 0 Å². The topological polar surface area (TPSA) is 44.5 Å². The Morgan fingerprint density at radius 3 is 2.11 bits per heavy atom. The highest BCUT2D eigenvalue weighted by atomic mass is 16.5. The molecule has 0 spiro atoms. The van der Waals surface area contributed by atoms with E-state index in [4.69, 9.17) is 15.2 Å². The van der Waals surface area contributed by atoms with Crippen molar-refractivity contribution in [3.05, 3.63) is 47.5 Å². The summed E-state index contributed by atoms with van der Waals surface area (Å²) in [7, 11) is 3.34. The molecule has 0 fully saturated rings. The molecule has 3 nitrogen and oxygen atoms in total. The molecule has 2 aromatic carbocycles. The number of benzene rings is 2. The van der Waals surface area contributed by atoms with E-state index in [2.05, 4.69) is 19.1 Å². The van der Waals surface area contributed by atoms with Crippen molar-refractivity contribution < 1.29 is 9.47 Å². The molecule has 0 amide bonds. The standard InChI is InChI=1S/C16H19NO2/c1-11-9-12(10-17)7-8-13(11)16-14(18-2)5-4-6-15(16)19-3/h4-9H,10,17H2,1-3H3. The summed E-state index contributed by atoms with van der Waals surface area (Å²) in [5.74, 6) is 1.62. The molecular formula is C16H19NO2. The molecule has 0 saturated carbocycles. The molecule has 2 N–H and O–H groups in total. The van der Waals surface area contributed by atoms with Crippen molar-refractivity contribution in [2.45, 2.75) is 13.5 Å². The van der Waals surface area contributed by atoms with Gasteiger partial charge in [0.2, 0.25) is 0 Å². The van der Waals surface area contributed by atoms with E-state index in [-0.39, 0.29) is 0 Å². The van der Waals surface area contributed by atoms with Crippen molar-refractivity contribution in [3.63, 3.8) is 0 Å². The second-order valence-corrected chi connectivity index (χ2v) is 4.39. The third kappa shape index (κ3) is 2.56. The highest BCUT2D eigenvalue weighted by molar-refractivity contribution is 5.79. The third-order valence-electron chi connectivity index (χ3n) is 3.22. The molecule has 0 aliphatic carbocycles. The van der Waals surface area contributed by atoms with E-state index in [1.807, 2.05) is 24.3 Å². The van der Waals surface area contributed by atoms with Gasteiger partial charge in [0.1, 0.15) is 11.5 Å². The van der Waals surface area contributed by atoms with E-state index in [9.17, 15) is 0 Å². The quantitative estimate of drug-likeness (QED) is 0.915. The SMILES string of the molecule is COc1cccc(OC)c1-c1ccc(CN)cc1C. The zero-order valence-electron chi connectivity index (χ0n) is 11.6. The molecule has 0 heterocycles. The largest absolute Gasteiger partial charge is 0.496 e. The number of nitrogens with two attached hydrogens (primary N) is 1. The summed E-state index contributed by atoms with van der Waals surface area (Å²) in [5, 5.41) is 0. The van der Waals surface area contributed by atoms with Crippen LogP contribution in [0, 0.1) is 6.92 Å². The Bertz CT molecular complexity index is 557. The van der Waals surface area contributed by atoms with Crippen molar-refractivity contribution in [1.29, 1.82) is 0 Å². The van der Waals surface area contributed by atoms with Gasteiger partial charge in [-0.05, 0) is 35.7 Å². The van der Waals surface area contributed by atoms with Crippen molar-refractivity contribution in [3.8, 4) is 22.6 Å². The Kier molecular flexibility index (Phi) is 4.07. The van der Waals surface area contributed by atoms with Crippen LogP contribution in [0.25, 0.3) is 11.1 Å². The summed E-state index contributed by atoms with van der Waals surface area (Å²) in [4.78, 5) is 0. The minimum atomic E-state index is 0.546. The molecule has 3 heteroatoms. The maximum absolute atomic E-state index is 5.67. The maximum atomic E-state index is 5.67. The van der Waals surface area contributed by atoms with E-state index < -0.39 is 0 Å². The Balaban J connectivity index is 2.63. The van der Waals surface area contributed by atoms with Gasteiger partial charge in [-0.2, -0.15) is 0 Å². The van der Waals surface area contributed by atoms with Crippen LogP contribution in [0.2, 0.25) is 0 Å². The predicted octanol–water partition coefficient (Wildman–Crippen LogP) is 3.14. The lowest BCUT2D eigenvalue weighted by Crippen LogP contribution is -1.98. The van der Waals surface area contributed by atoms with Gasteiger partial charge in [0.15, 0.2) is 0 Å². The van der Waals surface area contributed by atoms with Gasteiger partial charge in [0.05, 0.1) is 19.8 Å². The summed E-state index contributed by atoms with van der Waals surface area (Å²) in [6, 6.07) is 12.0. The van der Waals surface area contributed by atoms with Gasteiger partial charge in [0, 0.05) is 6.54 Å². The highest BCUT2D eigenvalue weighted by Crippen LogP contribution is 2.39. The van der Waals surface area contributed by atoms with Gasteiger partial charge in [-0.3, -0.25) is 0 Å². The smallest absolute Gasteiger partial charge is 0.130 e. The molecule has 100 valence electrons. The highest BCUT2D eigenvalue weighted by Gasteiger charge is 2.14. The number of methoxy groups -OCH3 is 2. The Labute approximate surface area is 114 Å². The molecular weight excluding hydrogens is 238 g/mol. The van der Waals surface area contributed by atoms with Crippen molar-refractivity contribution in [1.82, 2.24) is 0 Å². The van der Waals surface area contributed by atoms with E-state index in [0.717, 1.165) is 33.8 Å². The molecule has 2 rings (SSSR count). The second kappa shape index (κ2) is 5.76. The number of hydrogen-bond acceptors (Lipinski definition) is 3. The minimum Gasteiger partial charge on any atom is -0.496 e. The van der Waals surface area contributed by atoms with Crippen LogP contribution in [0.1, 0.15) is 11.1 Å². The number of aryl methyl sites for hydroxylation is 1. The molecule has 0 atom stereocenters. The first-order valence-electron chi connectivity index (χ1n) is 6.22. The Hall–Kier alpha value is -2.00. The zero-order valence-corrected chi connectivity index (χ0v) is 11.6. The van der Waals surface area contributed by atoms with Crippen LogP contribution in [-0.2, 0) is 6.54 Å². The van der Waals surface area contributed by atoms with Gasteiger partial charge < -0.3 is 15.2 Å². The van der Waals surface area contributed by atoms with Crippen molar-refractivity contribution in [2.75, 3.05) is 14.2 Å². The summed E-state index contributed by atoms with van der Waals surface area (Å²) in [6.45, 7) is 2.62. The van der Waals surface area contributed by atoms with Gasteiger partial charge in [-0.25, -0.2) is 0 Å². The molecule has 19 heavy (non-hydrogen) atoms. The fourth-order valence-corrected chi connectivity index (χ4v) is 2.25. The maximum Gasteiger partial charge on any atom is 0.130 e. The van der Waals surface area contributed by atoms with Crippen LogP contribution in [0.5, 0.6) is 11.5 Å². The average Bonchev–Trinajstić information content (AvgIpc) is 2.46. The molecule has 0 saturated heterocycles. The monoisotopic (exact) mass is 257 g/mol. The van der Waals surface area contributed by atoms with Crippen molar-refractivity contribution in [2.24, 2.45) is 5.73 Å². The van der Waals surface area contributed by atoms with Crippen LogP contribution < -0.4 is 15.2 Å². The predicted molar refractivity (Wildman–Crippen MR) is 77.6 cm³/mol. The third-order valence-corrected chi connectivity index (χ3v) is 3.22. The van der Waals surface area contributed by atoms with E-state index in [0.29, 0.717) is 6.54 Å². The number of ether oxygens (including phenoxy) is 2. The Morgan fingerprint density at radius 2 is 1.63 bits per heavy atom. The molecule has 0 radical (unpaired) electrons. The lowest BCUT2D eigenvalue weighted by atomic mass is 9.97. The second-order valence-electron chi connectivity index (χ2n) is 4.39. The number of hydrogen-bond donors (Lipinski definition) is 1. The first-order valence-corrected chi connectivity index (χ1v) is 6.22. The zero-order chi connectivity index (χ0) is 13.8. The number of rotatable bonds is 4. The van der Waals surface area contributed by atoms with Crippen LogP contribution in [-0.4, -0.2) is 14.2 Å². The lowest BCUT2D eigenvalue weighted by molar-refractivity contribution is 0.397. The molecule has 0 aromatic heterocycles. The summed E-state index contributed by atoms with van der Waals surface area (Å²) in [6.07, 6.45) is 0. The molecule has 0 bridgehead atoms. The fraction of sp³-hybridized carbons (Fsp3) is 0.250. The van der Waals surface area contributed by atoms with E-state index in [1.54, 1.807) is 14.2 Å². The van der Waals surface area contributed by atoms with E-state index >= 15 is 0 Å². The summed E-state index contributed by atoms with van der Waals surface area (Å²) < 4.78 is 10.9. The first kappa shape index (κ1) is 13.4.